The fourth-order valence-corrected chi connectivity index (χ4v) is 4.00. The van der Waals surface area contributed by atoms with Gasteiger partial charge < -0.3 is 4.74 Å². The number of hydrogen-bond acceptors (Lipinski definition) is 1. The molecular formula is C24H34NO+. The number of rotatable bonds is 11. The zero-order valence-electron chi connectivity index (χ0n) is 16.8. The summed E-state index contributed by atoms with van der Waals surface area (Å²) in [4.78, 5) is 0. The highest BCUT2D eigenvalue weighted by Gasteiger charge is 2.29. The van der Waals surface area contributed by atoms with Gasteiger partial charge in [-0.15, -0.1) is 0 Å². The molecule has 2 aromatic rings. The van der Waals surface area contributed by atoms with E-state index in [0.29, 0.717) is 0 Å². The van der Waals surface area contributed by atoms with Crippen LogP contribution in [0.2, 0.25) is 0 Å². The molecular weight excluding hydrogens is 318 g/mol. The van der Waals surface area contributed by atoms with Gasteiger partial charge in [0.25, 0.3) is 0 Å². The molecule has 1 aliphatic rings. The van der Waals surface area contributed by atoms with Gasteiger partial charge in [0.15, 0.2) is 5.71 Å². The molecule has 0 aromatic heterocycles. The monoisotopic (exact) mass is 352 g/mol. The predicted octanol–water partition coefficient (Wildman–Crippen LogP) is 6.85. The van der Waals surface area contributed by atoms with Crippen LogP contribution >= 0.6 is 0 Å². The van der Waals surface area contributed by atoms with Crippen LogP contribution in [0.5, 0.6) is 5.75 Å². The second kappa shape index (κ2) is 9.21. The Morgan fingerprint density at radius 2 is 1.62 bits per heavy atom. The third-order valence-electron chi connectivity index (χ3n) is 5.55. The lowest BCUT2D eigenvalue weighted by Crippen LogP contribution is -2.12. The van der Waals surface area contributed by atoms with Crippen LogP contribution in [-0.2, 0) is 0 Å². The van der Waals surface area contributed by atoms with E-state index in [0.717, 1.165) is 25.3 Å². The van der Waals surface area contributed by atoms with E-state index < -0.39 is 0 Å². The van der Waals surface area contributed by atoms with Gasteiger partial charge in [0, 0.05) is 24.8 Å². The zero-order valence-corrected chi connectivity index (χ0v) is 16.8. The van der Waals surface area contributed by atoms with E-state index >= 15 is 0 Å². The van der Waals surface area contributed by atoms with E-state index in [9.17, 15) is 0 Å². The largest absolute Gasteiger partial charge is 0.493 e. The maximum absolute atomic E-state index is 6.08. The fourth-order valence-electron chi connectivity index (χ4n) is 4.00. The summed E-state index contributed by atoms with van der Waals surface area (Å²) in [6.45, 7) is 8.68. The van der Waals surface area contributed by atoms with E-state index in [-0.39, 0.29) is 0 Å². The number of nitrogens with zero attached hydrogens (tertiary/aromatic N) is 1. The van der Waals surface area contributed by atoms with Gasteiger partial charge in [0.2, 0.25) is 5.69 Å². The first-order valence-electron chi connectivity index (χ1n) is 10.6. The lowest BCUT2D eigenvalue weighted by Gasteiger charge is -2.09. The van der Waals surface area contributed by atoms with Crippen LogP contribution in [0, 0.1) is 0 Å². The highest BCUT2D eigenvalue weighted by molar-refractivity contribution is 6.15. The van der Waals surface area contributed by atoms with Crippen molar-refractivity contribution >= 4 is 22.2 Å². The molecule has 1 heterocycles. The Bertz CT molecular complexity index is 775. The molecule has 0 amide bonds. The average Bonchev–Trinajstić information content (AvgIpc) is 2.94. The van der Waals surface area contributed by atoms with Gasteiger partial charge in [-0.1, -0.05) is 58.1 Å². The smallest absolute Gasteiger partial charge is 0.214 e. The van der Waals surface area contributed by atoms with Gasteiger partial charge in [-0.25, -0.2) is 0 Å². The minimum Gasteiger partial charge on any atom is -0.493 e. The second-order valence-electron chi connectivity index (χ2n) is 7.52. The summed E-state index contributed by atoms with van der Waals surface area (Å²) in [5.41, 5.74) is 4.14. The van der Waals surface area contributed by atoms with Crippen molar-refractivity contribution in [3.8, 4) is 5.75 Å². The Morgan fingerprint density at radius 3 is 2.42 bits per heavy atom. The molecule has 0 saturated carbocycles. The molecule has 0 saturated heterocycles. The molecule has 0 N–H and O–H groups in total. The number of unbranched alkanes of at least 4 members (excludes halogenated alkanes) is 6. The molecule has 0 unspecified atom stereocenters. The minimum atomic E-state index is 0.805. The van der Waals surface area contributed by atoms with E-state index in [1.165, 1.54) is 72.7 Å². The molecule has 2 heteroatoms. The predicted molar refractivity (Wildman–Crippen MR) is 112 cm³/mol. The molecule has 0 bridgehead atoms. The van der Waals surface area contributed by atoms with Crippen LogP contribution in [0.25, 0.3) is 10.8 Å². The Morgan fingerprint density at radius 1 is 0.846 bits per heavy atom. The van der Waals surface area contributed by atoms with E-state index in [1.54, 1.807) is 0 Å². The Kier molecular flexibility index (Phi) is 6.71. The highest BCUT2D eigenvalue weighted by atomic mass is 16.5. The van der Waals surface area contributed by atoms with Crippen LogP contribution < -0.4 is 4.74 Å². The van der Waals surface area contributed by atoms with Crippen molar-refractivity contribution in [2.75, 3.05) is 13.2 Å². The zero-order chi connectivity index (χ0) is 18.4. The summed E-state index contributed by atoms with van der Waals surface area (Å²) in [5.74, 6) is 1.04. The standard InChI is InChI=1S/C24H34NO/c1-4-6-8-9-10-11-17-25-19(3)20-13-12-14-21-23(26-18-7-5-2)16-15-22(25)24(20)21/h12-16H,4-11,17-18H2,1-3H3/q+1. The van der Waals surface area contributed by atoms with Gasteiger partial charge in [-0.05, 0) is 25.0 Å². The van der Waals surface area contributed by atoms with Crippen molar-refractivity contribution in [2.45, 2.75) is 72.1 Å². The van der Waals surface area contributed by atoms with Gasteiger partial charge in [-0.3, -0.25) is 0 Å². The van der Waals surface area contributed by atoms with Crippen molar-refractivity contribution < 1.29 is 9.31 Å². The normalized spacial score (nSPS) is 13.0. The fraction of sp³-hybridized carbons (Fsp3) is 0.542. The van der Waals surface area contributed by atoms with E-state index in [2.05, 4.69) is 55.7 Å². The number of hydrogen-bond donors (Lipinski definition) is 0. The van der Waals surface area contributed by atoms with Gasteiger partial charge in [0.1, 0.15) is 12.3 Å². The summed E-state index contributed by atoms with van der Waals surface area (Å²) >= 11 is 0. The van der Waals surface area contributed by atoms with E-state index in [4.69, 9.17) is 4.74 Å². The molecule has 26 heavy (non-hydrogen) atoms. The molecule has 0 radical (unpaired) electrons. The average molecular weight is 353 g/mol. The van der Waals surface area contributed by atoms with Crippen LogP contribution in [0.15, 0.2) is 30.3 Å². The third-order valence-corrected chi connectivity index (χ3v) is 5.55. The Labute approximate surface area is 158 Å². The molecule has 0 fully saturated rings. The maximum atomic E-state index is 6.08. The number of ether oxygens (including phenoxy) is 1. The van der Waals surface area contributed by atoms with Crippen LogP contribution in [0.1, 0.15) is 77.7 Å². The van der Waals surface area contributed by atoms with Gasteiger partial charge >= 0.3 is 0 Å². The summed E-state index contributed by atoms with van der Waals surface area (Å²) in [6, 6.07) is 11.1. The van der Waals surface area contributed by atoms with Crippen molar-refractivity contribution in [1.82, 2.24) is 0 Å². The third kappa shape index (κ3) is 3.95. The lowest BCUT2D eigenvalue weighted by atomic mass is 10.0. The molecule has 2 aromatic carbocycles. The SMILES string of the molecule is CCCCCCCC[N+]1=C(C)c2cccc3c(OCCCC)ccc1c23. The first kappa shape index (κ1) is 18.9. The maximum Gasteiger partial charge on any atom is 0.214 e. The molecule has 1 aliphatic heterocycles. The lowest BCUT2D eigenvalue weighted by molar-refractivity contribution is -0.437. The van der Waals surface area contributed by atoms with Gasteiger partial charge in [0.05, 0.1) is 17.6 Å². The quantitative estimate of drug-likeness (QED) is 0.318. The molecule has 3 rings (SSSR count). The molecule has 0 aliphatic carbocycles. The molecule has 140 valence electrons. The summed E-state index contributed by atoms with van der Waals surface area (Å²) in [6.07, 6.45) is 10.3. The van der Waals surface area contributed by atoms with Crippen LogP contribution in [0.4, 0.5) is 5.69 Å². The van der Waals surface area contributed by atoms with Crippen molar-refractivity contribution in [1.29, 1.82) is 0 Å². The van der Waals surface area contributed by atoms with E-state index in [1.807, 2.05) is 0 Å². The molecule has 0 atom stereocenters. The second-order valence-corrected chi connectivity index (χ2v) is 7.52. The molecule has 2 nitrogen and oxygen atoms in total. The van der Waals surface area contributed by atoms with Crippen molar-refractivity contribution in [2.24, 2.45) is 0 Å². The number of benzene rings is 2. The highest BCUT2D eigenvalue weighted by Crippen LogP contribution is 2.40. The first-order valence-corrected chi connectivity index (χ1v) is 10.6. The summed E-state index contributed by atoms with van der Waals surface area (Å²) in [7, 11) is 0. The van der Waals surface area contributed by atoms with Crippen LogP contribution in [-0.4, -0.2) is 23.4 Å². The van der Waals surface area contributed by atoms with Crippen molar-refractivity contribution in [3.63, 3.8) is 0 Å². The summed E-state index contributed by atoms with van der Waals surface area (Å²) in [5, 5.41) is 2.64. The van der Waals surface area contributed by atoms with Crippen LogP contribution in [0.3, 0.4) is 0 Å². The van der Waals surface area contributed by atoms with Gasteiger partial charge in [-0.2, -0.15) is 4.58 Å². The minimum absolute atomic E-state index is 0.805. The summed E-state index contributed by atoms with van der Waals surface area (Å²) < 4.78 is 8.60. The Balaban J connectivity index is 1.76. The topological polar surface area (TPSA) is 12.2 Å². The first-order chi connectivity index (χ1) is 12.8. The van der Waals surface area contributed by atoms with Crippen molar-refractivity contribution in [3.05, 3.63) is 35.9 Å². The Hall–Kier alpha value is -1.83. The molecule has 0 spiro atoms.